The van der Waals surface area contributed by atoms with Crippen LogP contribution in [0.3, 0.4) is 0 Å². The Morgan fingerprint density at radius 1 is 1.12 bits per heavy atom. The average Bonchev–Trinajstić information content (AvgIpc) is 2.64. The van der Waals surface area contributed by atoms with Crippen LogP contribution in [0.2, 0.25) is 0 Å². The van der Waals surface area contributed by atoms with E-state index in [-0.39, 0.29) is 0 Å². The fraction of sp³-hybridized carbons (Fsp3) is 0.133. The molecule has 2 nitrogen and oxygen atoms in total. The summed E-state index contributed by atoms with van der Waals surface area (Å²) in [4.78, 5) is 0. The number of methoxy groups -OCH3 is 1. The van der Waals surface area contributed by atoms with Crippen LogP contribution in [0.5, 0.6) is 0 Å². The number of nitrogens with zero attached hydrogens (tertiary/aromatic N) is 1. The highest BCUT2D eigenvalue weighted by Gasteiger charge is 2.01. The van der Waals surface area contributed by atoms with Gasteiger partial charge in [-0.05, 0) is 41.8 Å². The zero-order chi connectivity index (χ0) is 12.1. The van der Waals surface area contributed by atoms with Crippen molar-refractivity contribution in [2.45, 2.75) is 6.42 Å². The lowest BCUT2D eigenvalue weighted by Crippen LogP contribution is -1.82. The number of rotatable bonds is 2. The van der Waals surface area contributed by atoms with Crippen molar-refractivity contribution in [3.05, 3.63) is 65.5 Å². The van der Waals surface area contributed by atoms with Crippen LogP contribution < -0.4 is 0 Å². The first-order valence-corrected chi connectivity index (χ1v) is 5.46. The highest BCUT2D eigenvalue weighted by atomic mass is 16.5. The Labute approximate surface area is 101 Å². The molecule has 0 bridgehead atoms. The molecule has 1 aliphatic carbocycles. The van der Waals surface area contributed by atoms with Gasteiger partial charge in [-0.15, -0.1) is 0 Å². The summed E-state index contributed by atoms with van der Waals surface area (Å²) in [5, 5.41) is 8.75. The number of benzene rings is 1. The average molecular weight is 223 g/mol. The maximum atomic E-state index is 8.75. The van der Waals surface area contributed by atoms with Crippen molar-refractivity contribution >= 4 is 5.57 Å². The molecule has 0 amide bonds. The molecule has 1 aliphatic rings. The van der Waals surface area contributed by atoms with E-state index in [9.17, 15) is 0 Å². The fourth-order valence-electron chi connectivity index (χ4n) is 1.71. The molecule has 0 saturated carbocycles. The molecule has 0 aliphatic heterocycles. The molecule has 0 aromatic heterocycles. The van der Waals surface area contributed by atoms with Gasteiger partial charge in [-0.25, -0.2) is 0 Å². The standard InChI is InChI=1S/C15H13NO/c1-17-15-4-2-3-13(9-10-15)14-7-5-12(11-16)6-8-14/h3-10H,2H2,1H3. The number of hydrogen-bond donors (Lipinski definition) is 0. The van der Waals surface area contributed by atoms with E-state index in [4.69, 9.17) is 10.00 Å². The van der Waals surface area contributed by atoms with Gasteiger partial charge in [0.25, 0.3) is 0 Å². The smallest absolute Gasteiger partial charge is 0.115 e. The molecule has 0 saturated heterocycles. The predicted molar refractivity (Wildman–Crippen MR) is 68.0 cm³/mol. The van der Waals surface area contributed by atoms with Gasteiger partial charge in [-0.2, -0.15) is 5.26 Å². The molecule has 0 unspecified atom stereocenters. The molecule has 1 aromatic rings. The Kier molecular flexibility index (Phi) is 3.42. The molecule has 0 N–H and O–H groups in total. The van der Waals surface area contributed by atoms with E-state index in [2.05, 4.69) is 12.1 Å². The van der Waals surface area contributed by atoms with Crippen molar-refractivity contribution in [3.63, 3.8) is 0 Å². The van der Waals surface area contributed by atoms with Gasteiger partial charge in [0, 0.05) is 0 Å². The maximum Gasteiger partial charge on any atom is 0.115 e. The van der Waals surface area contributed by atoms with E-state index in [1.165, 1.54) is 0 Å². The van der Waals surface area contributed by atoms with Gasteiger partial charge < -0.3 is 4.74 Å². The predicted octanol–water partition coefficient (Wildman–Crippen LogP) is 3.43. The van der Waals surface area contributed by atoms with Crippen LogP contribution in [-0.2, 0) is 4.74 Å². The minimum absolute atomic E-state index is 0.683. The third-order valence-corrected chi connectivity index (χ3v) is 2.67. The summed E-state index contributed by atoms with van der Waals surface area (Å²) >= 11 is 0. The summed E-state index contributed by atoms with van der Waals surface area (Å²) in [6.07, 6.45) is 9.02. The molecule has 17 heavy (non-hydrogen) atoms. The van der Waals surface area contributed by atoms with Crippen molar-refractivity contribution < 1.29 is 4.74 Å². The SMILES string of the molecule is COC1=CCC=C(c2ccc(C#N)cc2)C=C1. The number of hydrogen-bond acceptors (Lipinski definition) is 2. The van der Waals surface area contributed by atoms with E-state index in [0.717, 1.165) is 23.3 Å². The van der Waals surface area contributed by atoms with Gasteiger partial charge in [-0.3, -0.25) is 0 Å². The molecule has 84 valence electrons. The topological polar surface area (TPSA) is 33.0 Å². The maximum absolute atomic E-state index is 8.75. The van der Waals surface area contributed by atoms with Crippen LogP contribution >= 0.6 is 0 Å². The molecule has 1 aromatic carbocycles. The van der Waals surface area contributed by atoms with Crippen molar-refractivity contribution in [3.8, 4) is 6.07 Å². The molecule has 0 fully saturated rings. The summed E-state index contributed by atoms with van der Waals surface area (Å²) in [5.41, 5.74) is 2.95. The van der Waals surface area contributed by atoms with Gasteiger partial charge in [-0.1, -0.05) is 24.3 Å². The highest BCUT2D eigenvalue weighted by Crippen LogP contribution is 2.21. The van der Waals surface area contributed by atoms with E-state index >= 15 is 0 Å². The number of allylic oxidation sites excluding steroid dienone is 5. The van der Waals surface area contributed by atoms with Crippen molar-refractivity contribution in [1.29, 1.82) is 5.26 Å². The van der Waals surface area contributed by atoms with Crippen LogP contribution in [0.15, 0.2) is 54.3 Å². The lowest BCUT2D eigenvalue weighted by molar-refractivity contribution is 0.306. The van der Waals surface area contributed by atoms with Gasteiger partial charge >= 0.3 is 0 Å². The van der Waals surface area contributed by atoms with Crippen LogP contribution in [0.25, 0.3) is 5.57 Å². The molecular formula is C15H13NO. The fourth-order valence-corrected chi connectivity index (χ4v) is 1.71. The summed E-state index contributed by atoms with van der Waals surface area (Å²) in [7, 11) is 1.67. The Hall–Kier alpha value is -2.27. The summed E-state index contributed by atoms with van der Waals surface area (Å²) < 4.78 is 5.19. The zero-order valence-electron chi connectivity index (χ0n) is 9.68. The monoisotopic (exact) mass is 223 g/mol. The lowest BCUT2D eigenvalue weighted by atomic mass is 10.0. The lowest BCUT2D eigenvalue weighted by Gasteiger charge is -2.01. The number of ether oxygens (including phenoxy) is 1. The molecule has 0 heterocycles. The Balaban J connectivity index is 2.24. The first kappa shape index (κ1) is 11.2. The van der Waals surface area contributed by atoms with Gasteiger partial charge in [0.1, 0.15) is 5.76 Å². The molecule has 0 radical (unpaired) electrons. The van der Waals surface area contributed by atoms with Crippen LogP contribution in [0.1, 0.15) is 17.5 Å². The summed E-state index contributed by atoms with van der Waals surface area (Å²) in [5.74, 6) is 0.880. The van der Waals surface area contributed by atoms with Crippen molar-refractivity contribution in [1.82, 2.24) is 0 Å². The first-order valence-electron chi connectivity index (χ1n) is 5.46. The quantitative estimate of drug-likeness (QED) is 0.769. The van der Waals surface area contributed by atoms with Crippen molar-refractivity contribution in [2.24, 2.45) is 0 Å². The van der Waals surface area contributed by atoms with Gasteiger partial charge in [0.15, 0.2) is 0 Å². The van der Waals surface area contributed by atoms with Crippen LogP contribution in [0.4, 0.5) is 0 Å². The Morgan fingerprint density at radius 3 is 2.53 bits per heavy atom. The Morgan fingerprint density at radius 2 is 1.88 bits per heavy atom. The largest absolute Gasteiger partial charge is 0.497 e. The van der Waals surface area contributed by atoms with Crippen LogP contribution in [0, 0.1) is 11.3 Å². The highest BCUT2D eigenvalue weighted by molar-refractivity contribution is 5.75. The van der Waals surface area contributed by atoms with Gasteiger partial charge in [0.2, 0.25) is 0 Å². The summed E-state index contributed by atoms with van der Waals surface area (Å²) in [6.45, 7) is 0. The second-order valence-corrected chi connectivity index (χ2v) is 3.73. The van der Waals surface area contributed by atoms with Gasteiger partial charge in [0.05, 0.1) is 18.7 Å². The third kappa shape index (κ3) is 2.64. The van der Waals surface area contributed by atoms with E-state index in [0.29, 0.717) is 5.56 Å². The first-order chi connectivity index (χ1) is 8.33. The molecular weight excluding hydrogens is 210 g/mol. The molecule has 2 heteroatoms. The normalized spacial score (nSPS) is 14.4. The second-order valence-electron chi connectivity index (χ2n) is 3.73. The molecule has 0 spiro atoms. The minimum Gasteiger partial charge on any atom is -0.497 e. The zero-order valence-corrected chi connectivity index (χ0v) is 9.68. The number of nitriles is 1. The summed E-state index contributed by atoms with van der Waals surface area (Å²) in [6, 6.07) is 9.71. The van der Waals surface area contributed by atoms with E-state index < -0.39 is 0 Å². The third-order valence-electron chi connectivity index (χ3n) is 2.67. The van der Waals surface area contributed by atoms with E-state index in [1.54, 1.807) is 7.11 Å². The Bertz CT molecular complexity index is 527. The van der Waals surface area contributed by atoms with Crippen molar-refractivity contribution in [2.75, 3.05) is 7.11 Å². The van der Waals surface area contributed by atoms with Crippen LogP contribution in [-0.4, -0.2) is 7.11 Å². The molecule has 2 rings (SSSR count). The van der Waals surface area contributed by atoms with E-state index in [1.807, 2.05) is 42.5 Å². The molecule has 0 atom stereocenters. The second kappa shape index (κ2) is 5.18. The minimum atomic E-state index is 0.683.